The molecule has 0 aliphatic heterocycles. The average Bonchev–Trinajstić information content (AvgIpc) is 2.77. The van der Waals surface area contributed by atoms with Crippen molar-refractivity contribution in [2.24, 2.45) is 5.10 Å². The Morgan fingerprint density at radius 3 is 2.50 bits per heavy atom. The summed E-state index contributed by atoms with van der Waals surface area (Å²) in [5.41, 5.74) is 3.50. The highest BCUT2D eigenvalue weighted by atomic mass is 19.1. The number of para-hydroxylation sites is 1. The first-order chi connectivity index (χ1) is 14.6. The third-order valence-corrected chi connectivity index (χ3v) is 4.52. The summed E-state index contributed by atoms with van der Waals surface area (Å²) in [6.45, 7) is 0.178. The van der Waals surface area contributed by atoms with E-state index in [2.05, 4.69) is 15.5 Å². The zero-order chi connectivity index (χ0) is 20.9. The van der Waals surface area contributed by atoms with Crippen LogP contribution >= 0.6 is 0 Å². The van der Waals surface area contributed by atoms with Crippen LogP contribution in [0.2, 0.25) is 0 Å². The molecule has 0 spiro atoms. The summed E-state index contributed by atoms with van der Waals surface area (Å²) in [4.78, 5) is 30.2. The molecule has 0 aliphatic rings. The monoisotopic (exact) mass is 400 g/mol. The number of fused-ring (bicyclic) bond motifs is 1. The van der Waals surface area contributed by atoms with E-state index in [1.54, 1.807) is 36.4 Å². The minimum absolute atomic E-state index is 0.0757. The summed E-state index contributed by atoms with van der Waals surface area (Å²) >= 11 is 0. The van der Waals surface area contributed by atoms with Crippen LogP contribution < -0.4 is 11.0 Å². The summed E-state index contributed by atoms with van der Waals surface area (Å²) in [7, 11) is 0. The van der Waals surface area contributed by atoms with Gasteiger partial charge in [0.25, 0.3) is 5.56 Å². The molecule has 7 heteroatoms. The third kappa shape index (κ3) is 4.00. The Morgan fingerprint density at radius 2 is 1.70 bits per heavy atom. The first kappa shape index (κ1) is 19.2. The van der Waals surface area contributed by atoms with Gasteiger partial charge < -0.3 is 0 Å². The van der Waals surface area contributed by atoms with E-state index in [0.717, 1.165) is 5.56 Å². The highest BCUT2D eigenvalue weighted by Crippen LogP contribution is 2.10. The fraction of sp³-hybridized carbons (Fsp3) is 0.0435. The van der Waals surface area contributed by atoms with Crippen molar-refractivity contribution in [1.82, 2.24) is 15.0 Å². The maximum atomic E-state index is 13.7. The number of benzene rings is 3. The van der Waals surface area contributed by atoms with Crippen molar-refractivity contribution in [3.8, 4) is 0 Å². The zero-order valence-corrected chi connectivity index (χ0v) is 15.8. The van der Waals surface area contributed by atoms with E-state index in [9.17, 15) is 14.0 Å². The number of carbonyl (C=O) groups is 1. The van der Waals surface area contributed by atoms with E-state index in [-0.39, 0.29) is 23.5 Å². The molecule has 0 fully saturated rings. The van der Waals surface area contributed by atoms with Crippen molar-refractivity contribution in [2.45, 2.75) is 6.54 Å². The van der Waals surface area contributed by atoms with Crippen LogP contribution in [0, 0.1) is 5.82 Å². The predicted octanol–water partition coefficient (Wildman–Crippen LogP) is 3.35. The highest BCUT2D eigenvalue weighted by molar-refractivity contribution is 5.93. The zero-order valence-electron chi connectivity index (χ0n) is 15.8. The molecule has 148 valence electrons. The van der Waals surface area contributed by atoms with E-state index in [0.29, 0.717) is 10.9 Å². The molecule has 1 N–H and O–H groups in total. The Balaban J connectivity index is 1.71. The molecular weight excluding hydrogens is 383 g/mol. The number of hydrogen-bond acceptors (Lipinski definition) is 4. The fourth-order valence-corrected chi connectivity index (χ4v) is 3.04. The van der Waals surface area contributed by atoms with Gasteiger partial charge in [-0.1, -0.05) is 60.7 Å². The molecule has 0 saturated heterocycles. The van der Waals surface area contributed by atoms with E-state index >= 15 is 0 Å². The first-order valence-corrected chi connectivity index (χ1v) is 9.25. The molecule has 1 heterocycles. The van der Waals surface area contributed by atoms with Crippen LogP contribution in [0.4, 0.5) is 4.39 Å². The Bertz CT molecular complexity index is 1300. The van der Waals surface area contributed by atoms with Crippen LogP contribution in [0.5, 0.6) is 0 Å². The summed E-state index contributed by atoms with van der Waals surface area (Å²) in [6, 6.07) is 22.2. The SMILES string of the molecule is O=C(N/N=C\c1ccccc1F)c1nc2ccccc2c(=O)n1Cc1ccccc1. The molecule has 6 nitrogen and oxygen atoms in total. The normalized spacial score (nSPS) is 11.1. The summed E-state index contributed by atoms with van der Waals surface area (Å²) in [6.07, 6.45) is 1.20. The Labute approximate surface area is 171 Å². The highest BCUT2D eigenvalue weighted by Gasteiger charge is 2.17. The molecule has 4 aromatic rings. The van der Waals surface area contributed by atoms with Gasteiger partial charge in [-0.2, -0.15) is 5.10 Å². The minimum Gasteiger partial charge on any atom is -0.283 e. The van der Waals surface area contributed by atoms with Crippen LogP contribution in [0.1, 0.15) is 21.7 Å². The number of nitrogens with zero attached hydrogens (tertiary/aromatic N) is 3. The van der Waals surface area contributed by atoms with Gasteiger partial charge in [0.2, 0.25) is 5.82 Å². The number of halogens is 1. The van der Waals surface area contributed by atoms with E-state index in [4.69, 9.17) is 0 Å². The lowest BCUT2D eigenvalue weighted by Crippen LogP contribution is -2.32. The summed E-state index contributed by atoms with van der Waals surface area (Å²) < 4.78 is 15.0. The molecule has 0 unspecified atom stereocenters. The molecule has 0 atom stereocenters. The van der Waals surface area contributed by atoms with Crippen LogP contribution in [0.3, 0.4) is 0 Å². The maximum Gasteiger partial charge on any atom is 0.307 e. The molecule has 0 radical (unpaired) electrons. The number of nitrogens with one attached hydrogen (secondary N) is 1. The predicted molar refractivity (Wildman–Crippen MR) is 113 cm³/mol. The van der Waals surface area contributed by atoms with Gasteiger partial charge >= 0.3 is 5.91 Å². The van der Waals surface area contributed by atoms with E-state index in [1.165, 1.54) is 22.9 Å². The van der Waals surface area contributed by atoms with Crippen LogP contribution in [0.25, 0.3) is 10.9 Å². The van der Waals surface area contributed by atoms with Gasteiger partial charge in [-0.15, -0.1) is 0 Å². The van der Waals surface area contributed by atoms with Crippen LogP contribution in [-0.2, 0) is 6.54 Å². The van der Waals surface area contributed by atoms with Crippen molar-refractivity contribution in [3.63, 3.8) is 0 Å². The molecular formula is C23H17FN4O2. The lowest BCUT2D eigenvalue weighted by molar-refractivity contribution is 0.0939. The van der Waals surface area contributed by atoms with Gasteiger partial charge in [-0.05, 0) is 23.8 Å². The number of hydrazone groups is 1. The van der Waals surface area contributed by atoms with Crippen LogP contribution in [-0.4, -0.2) is 21.7 Å². The maximum absolute atomic E-state index is 13.7. The summed E-state index contributed by atoms with van der Waals surface area (Å²) in [5.74, 6) is -1.20. The quantitative estimate of drug-likeness (QED) is 0.412. The standard InChI is InChI=1S/C23H17FN4O2/c24-19-12-6-4-10-17(19)14-25-27-22(29)21-26-20-13-7-5-11-18(20)23(30)28(21)15-16-8-2-1-3-9-16/h1-14H,15H2,(H,27,29)/b25-14-. The largest absolute Gasteiger partial charge is 0.307 e. The van der Waals surface area contributed by atoms with Crippen molar-refractivity contribution in [2.75, 3.05) is 0 Å². The van der Waals surface area contributed by atoms with Crippen molar-refractivity contribution < 1.29 is 9.18 Å². The molecule has 4 rings (SSSR count). The lowest BCUT2D eigenvalue weighted by atomic mass is 10.2. The lowest BCUT2D eigenvalue weighted by Gasteiger charge is -2.12. The second kappa shape index (κ2) is 8.48. The van der Waals surface area contributed by atoms with E-state index < -0.39 is 11.7 Å². The number of aromatic nitrogens is 2. The van der Waals surface area contributed by atoms with Gasteiger partial charge in [0, 0.05) is 5.56 Å². The van der Waals surface area contributed by atoms with Crippen molar-refractivity contribution in [1.29, 1.82) is 0 Å². The van der Waals surface area contributed by atoms with E-state index in [1.807, 2.05) is 30.3 Å². The molecule has 0 saturated carbocycles. The molecule has 0 bridgehead atoms. The number of hydrogen-bond donors (Lipinski definition) is 1. The number of carbonyl (C=O) groups excluding carboxylic acids is 1. The average molecular weight is 400 g/mol. The van der Waals surface area contributed by atoms with Crippen molar-refractivity contribution >= 4 is 23.0 Å². The molecule has 30 heavy (non-hydrogen) atoms. The second-order valence-corrected chi connectivity index (χ2v) is 6.55. The number of amides is 1. The van der Waals surface area contributed by atoms with Gasteiger partial charge in [-0.25, -0.2) is 14.8 Å². The van der Waals surface area contributed by atoms with Gasteiger partial charge in [0.1, 0.15) is 5.82 Å². The molecule has 0 aliphatic carbocycles. The third-order valence-electron chi connectivity index (χ3n) is 4.52. The Kier molecular flexibility index (Phi) is 5.43. The topological polar surface area (TPSA) is 76.3 Å². The van der Waals surface area contributed by atoms with Gasteiger partial charge in [0.05, 0.1) is 23.7 Å². The van der Waals surface area contributed by atoms with Crippen LogP contribution in [0.15, 0.2) is 88.8 Å². The molecule has 1 amide bonds. The smallest absolute Gasteiger partial charge is 0.283 e. The fourth-order valence-electron chi connectivity index (χ4n) is 3.04. The number of rotatable bonds is 5. The molecule has 1 aromatic heterocycles. The first-order valence-electron chi connectivity index (χ1n) is 9.25. The molecule has 3 aromatic carbocycles. The Hall–Kier alpha value is -4.13. The second-order valence-electron chi connectivity index (χ2n) is 6.55. The summed E-state index contributed by atoms with van der Waals surface area (Å²) in [5, 5.41) is 4.23. The van der Waals surface area contributed by atoms with Crippen molar-refractivity contribution in [3.05, 3.63) is 112 Å². The van der Waals surface area contributed by atoms with Gasteiger partial charge in [-0.3, -0.25) is 14.2 Å². The Morgan fingerprint density at radius 1 is 1.00 bits per heavy atom. The van der Waals surface area contributed by atoms with Gasteiger partial charge in [0.15, 0.2) is 0 Å². The minimum atomic E-state index is -0.665.